The van der Waals surface area contributed by atoms with E-state index < -0.39 is 11.6 Å². The summed E-state index contributed by atoms with van der Waals surface area (Å²) < 4.78 is 0. The van der Waals surface area contributed by atoms with Crippen LogP contribution in [-0.4, -0.2) is 22.5 Å². The van der Waals surface area contributed by atoms with Gasteiger partial charge in [-0.2, -0.15) is 0 Å². The van der Waals surface area contributed by atoms with Gasteiger partial charge >= 0.3 is 6.09 Å². The third-order valence-electron chi connectivity index (χ3n) is 3.45. The number of hydrogen-bond donors (Lipinski definition) is 1. The van der Waals surface area contributed by atoms with Crippen molar-refractivity contribution in [2.45, 2.75) is 39.7 Å². The van der Waals surface area contributed by atoms with E-state index in [1.54, 1.807) is 12.1 Å². The number of benzene rings is 1. The quantitative estimate of drug-likeness (QED) is 0.843. The molecule has 0 saturated heterocycles. The number of fused-ring (bicyclic) bond motifs is 1. The largest absolute Gasteiger partial charge is 0.465 e. The third-order valence-corrected chi connectivity index (χ3v) is 3.45. The lowest BCUT2D eigenvalue weighted by atomic mass is 10.0. The van der Waals surface area contributed by atoms with Gasteiger partial charge < -0.3 is 5.11 Å². The van der Waals surface area contributed by atoms with Gasteiger partial charge in [-0.25, -0.2) is 4.79 Å². The highest BCUT2D eigenvalue weighted by Crippen LogP contribution is 2.32. The first-order valence-electron chi connectivity index (χ1n) is 6.42. The van der Waals surface area contributed by atoms with Gasteiger partial charge in [0.2, 0.25) is 0 Å². The Morgan fingerprint density at radius 2 is 2.00 bits per heavy atom. The Kier molecular flexibility index (Phi) is 3.12. The van der Waals surface area contributed by atoms with Crippen molar-refractivity contribution < 1.29 is 14.7 Å². The molecule has 102 valence electrons. The predicted molar refractivity (Wildman–Crippen MR) is 73.9 cm³/mol. The summed E-state index contributed by atoms with van der Waals surface area (Å²) in [5, 5.41) is 9.37. The molecule has 1 N–H and O–H groups in total. The molecule has 0 radical (unpaired) electrons. The average molecular weight is 261 g/mol. The summed E-state index contributed by atoms with van der Waals surface area (Å²) in [5.41, 5.74) is 1.69. The summed E-state index contributed by atoms with van der Waals surface area (Å²) in [6, 6.07) is 5.36. The van der Waals surface area contributed by atoms with E-state index in [1.165, 1.54) is 4.90 Å². The molecule has 4 heteroatoms. The molecule has 0 fully saturated rings. The molecular weight excluding hydrogens is 242 g/mol. The first kappa shape index (κ1) is 13.6. The molecule has 1 amide bonds. The van der Waals surface area contributed by atoms with E-state index in [4.69, 9.17) is 0 Å². The lowest BCUT2D eigenvalue weighted by Crippen LogP contribution is -2.45. The van der Waals surface area contributed by atoms with Crippen molar-refractivity contribution in [2.24, 2.45) is 5.92 Å². The number of Topliss-reactive ketones (excluding diaryl/α,β-unsaturated/α-hetero) is 1. The minimum absolute atomic E-state index is 0.00170. The number of amides is 1. The molecule has 1 aliphatic rings. The maximum Gasteiger partial charge on any atom is 0.412 e. The van der Waals surface area contributed by atoms with Crippen LogP contribution >= 0.6 is 0 Å². The Morgan fingerprint density at radius 3 is 2.53 bits per heavy atom. The zero-order chi connectivity index (χ0) is 14.4. The second-order valence-corrected chi connectivity index (χ2v) is 6.10. The molecule has 1 aromatic carbocycles. The van der Waals surface area contributed by atoms with Gasteiger partial charge in [0, 0.05) is 22.7 Å². The van der Waals surface area contributed by atoms with Gasteiger partial charge in [0.25, 0.3) is 0 Å². The van der Waals surface area contributed by atoms with Crippen molar-refractivity contribution in [1.82, 2.24) is 0 Å². The van der Waals surface area contributed by atoms with Crippen LogP contribution in [0.15, 0.2) is 18.2 Å². The SMILES string of the molecule is CC1Cc2ccc(N(C(=O)O)C(C)(C)C)cc2C1=O. The Hall–Kier alpha value is -1.84. The van der Waals surface area contributed by atoms with Crippen LogP contribution in [0, 0.1) is 5.92 Å². The van der Waals surface area contributed by atoms with Gasteiger partial charge in [-0.05, 0) is 44.9 Å². The second-order valence-electron chi connectivity index (χ2n) is 6.10. The molecule has 1 aliphatic carbocycles. The minimum Gasteiger partial charge on any atom is -0.465 e. The summed E-state index contributed by atoms with van der Waals surface area (Å²) in [5.74, 6) is 0.106. The first-order chi connectivity index (χ1) is 8.71. The number of rotatable bonds is 1. The van der Waals surface area contributed by atoms with E-state index in [-0.39, 0.29) is 11.7 Å². The Morgan fingerprint density at radius 1 is 1.37 bits per heavy atom. The van der Waals surface area contributed by atoms with E-state index in [2.05, 4.69) is 0 Å². The predicted octanol–water partition coefficient (Wildman–Crippen LogP) is 3.34. The topological polar surface area (TPSA) is 57.6 Å². The molecule has 0 saturated carbocycles. The number of anilines is 1. The van der Waals surface area contributed by atoms with Crippen LogP contribution in [-0.2, 0) is 6.42 Å². The van der Waals surface area contributed by atoms with Crippen molar-refractivity contribution >= 4 is 17.6 Å². The monoisotopic (exact) mass is 261 g/mol. The highest BCUT2D eigenvalue weighted by molar-refractivity contribution is 6.03. The van der Waals surface area contributed by atoms with Gasteiger partial charge in [0.1, 0.15) is 0 Å². The van der Waals surface area contributed by atoms with E-state index in [0.717, 1.165) is 12.0 Å². The Bertz CT molecular complexity index is 543. The lowest BCUT2D eigenvalue weighted by molar-refractivity contribution is 0.0946. The van der Waals surface area contributed by atoms with Crippen molar-refractivity contribution in [1.29, 1.82) is 0 Å². The number of hydrogen-bond acceptors (Lipinski definition) is 2. The number of carbonyl (C=O) groups excluding carboxylic acids is 1. The summed E-state index contributed by atoms with van der Waals surface area (Å²) in [7, 11) is 0. The normalized spacial score (nSPS) is 18.3. The smallest absolute Gasteiger partial charge is 0.412 e. The van der Waals surface area contributed by atoms with Crippen molar-refractivity contribution in [3.8, 4) is 0 Å². The zero-order valence-electron chi connectivity index (χ0n) is 11.7. The molecule has 0 bridgehead atoms. The average Bonchev–Trinajstić information content (AvgIpc) is 2.53. The van der Waals surface area contributed by atoms with E-state index in [1.807, 2.05) is 33.8 Å². The Labute approximate surface area is 113 Å². The summed E-state index contributed by atoms with van der Waals surface area (Å²) in [4.78, 5) is 24.8. The minimum atomic E-state index is -1.01. The molecule has 4 nitrogen and oxygen atoms in total. The van der Waals surface area contributed by atoms with Gasteiger partial charge in [-0.15, -0.1) is 0 Å². The highest BCUT2D eigenvalue weighted by atomic mass is 16.4. The fourth-order valence-electron chi connectivity index (χ4n) is 2.58. The third kappa shape index (κ3) is 2.35. The second kappa shape index (κ2) is 4.37. The standard InChI is InChI=1S/C15H19NO3/c1-9-7-10-5-6-11(8-12(10)13(9)17)16(14(18)19)15(2,3)4/h5-6,8-9H,7H2,1-4H3,(H,18,19). The molecular formula is C15H19NO3. The van der Waals surface area contributed by atoms with Crippen molar-refractivity contribution in [3.63, 3.8) is 0 Å². The first-order valence-corrected chi connectivity index (χ1v) is 6.42. The number of carboxylic acid groups (broad SMARTS) is 1. The van der Waals surface area contributed by atoms with Crippen LogP contribution < -0.4 is 4.90 Å². The number of ketones is 1. The van der Waals surface area contributed by atoms with Gasteiger partial charge in [-0.3, -0.25) is 9.69 Å². The number of carbonyl (C=O) groups is 2. The van der Waals surface area contributed by atoms with Crippen LogP contribution in [0.1, 0.15) is 43.6 Å². The fourth-order valence-corrected chi connectivity index (χ4v) is 2.58. The number of nitrogens with zero attached hydrogens (tertiary/aromatic N) is 1. The summed E-state index contributed by atoms with van der Waals surface area (Å²) in [6.45, 7) is 7.40. The molecule has 19 heavy (non-hydrogen) atoms. The molecule has 2 rings (SSSR count). The Balaban J connectivity index is 2.48. The van der Waals surface area contributed by atoms with E-state index in [0.29, 0.717) is 11.3 Å². The van der Waals surface area contributed by atoms with Crippen LogP contribution in [0.5, 0.6) is 0 Å². The maximum atomic E-state index is 12.0. The van der Waals surface area contributed by atoms with Crippen LogP contribution in [0.4, 0.5) is 10.5 Å². The molecule has 1 atom stereocenters. The van der Waals surface area contributed by atoms with E-state index >= 15 is 0 Å². The van der Waals surface area contributed by atoms with Gasteiger partial charge in [0.15, 0.2) is 5.78 Å². The van der Waals surface area contributed by atoms with Gasteiger partial charge in [-0.1, -0.05) is 13.0 Å². The molecule has 0 spiro atoms. The zero-order valence-corrected chi connectivity index (χ0v) is 11.7. The summed E-state index contributed by atoms with van der Waals surface area (Å²) in [6.07, 6.45) is -0.261. The maximum absolute atomic E-state index is 12.0. The van der Waals surface area contributed by atoms with Crippen LogP contribution in [0.2, 0.25) is 0 Å². The molecule has 0 aromatic heterocycles. The van der Waals surface area contributed by atoms with Crippen LogP contribution in [0.25, 0.3) is 0 Å². The molecule has 0 heterocycles. The van der Waals surface area contributed by atoms with Crippen LogP contribution in [0.3, 0.4) is 0 Å². The molecule has 0 aliphatic heterocycles. The summed E-state index contributed by atoms with van der Waals surface area (Å²) >= 11 is 0. The van der Waals surface area contributed by atoms with Crippen molar-refractivity contribution in [2.75, 3.05) is 4.90 Å². The fraction of sp³-hybridized carbons (Fsp3) is 0.467. The highest BCUT2D eigenvalue weighted by Gasteiger charge is 2.31. The lowest BCUT2D eigenvalue weighted by Gasteiger charge is -2.33. The molecule has 1 unspecified atom stereocenters. The van der Waals surface area contributed by atoms with Gasteiger partial charge in [0.05, 0.1) is 0 Å². The molecule has 1 aromatic rings. The van der Waals surface area contributed by atoms with E-state index in [9.17, 15) is 14.7 Å². The van der Waals surface area contributed by atoms with Crippen molar-refractivity contribution in [3.05, 3.63) is 29.3 Å².